The Morgan fingerprint density at radius 3 is 2.47 bits per heavy atom. The lowest BCUT2D eigenvalue weighted by Crippen LogP contribution is -2.30. The first-order valence-electron chi connectivity index (χ1n) is 4.72. The highest BCUT2D eigenvalue weighted by Crippen LogP contribution is 2.11. The number of rotatable bonds is 2. The lowest BCUT2D eigenvalue weighted by molar-refractivity contribution is 0.244. The Bertz CT molecular complexity index is 362. The first kappa shape index (κ1) is 11.7. The van der Waals surface area contributed by atoms with Gasteiger partial charge in [0.05, 0.1) is 5.69 Å². The normalized spacial score (nSPS) is 11.3. The van der Waals surface area contributed by atoms with Crippen LogP contribution in [0.15, 0.2) is 35.3 Å². The van der Waals surface area contributed by atoms with Crippen molar-refractivity contribution in [1.29, 1.82) is 0 Å². The molecule has 0 unspecified atom stereocenters. The number of halogens is 1. The van der Waals surface area contributed by atoms with Crippen molar-refractivity contribution >= 4 is 28.5 Å². The predicted octanol–water partition coefficient (Wildman–Crippen LogP) is 3.42. The fraction of sp³-hybridized carbons (Fsp3) is 0.273. The Morgan fingerprint density at radius 2 is 2.00 bits per heavy atom. The first-order valence-corrected chi connectivity index (χ1v) is 5.10. The largest absolute Gasteiger partial charge is 0.321 e. The molecule has 0 atom stereocenters. The van der Waals surface area contributed by atoms with E-state index in [1.165, 1.54) is 4.90 Å². The number of nitrogens with zero attached hydrogens (tertiary/aromatic N) is 2. The quantitative estimate of drug-likeness (QED) is 0.328. The molecule has 80 valence electrons. The van der Waals surface area contributed by atoms with Crippen LogP contribution in [0.4, 0.5) is 10.5 Å². The number of hydrogen-bond acceptors (Lipinski definition) is 2. The topological polar surface area (TPSA) is 32.7 Å². The van der Waals surface area contributed by atoms with Crippen LogP contribution in [0.3, 0.4) is 0 Å². The maximum absolute atomic E-state index is 11.0. The summed E-state index contributed by atoms with van der Waals surface area (Å²) in [6.07, 6.45) is 0. The molecule has 3 nitrogen and oxygen atoms in total. The van der Waals surface area contributed by atoms with Gasteiger partial charge in [0.25, 0.3) is 0 Å². The molecule has 0 aliphatic carbocycles. The fourth-order valence-electron chi connectivity index (χ4n) is 1.23. The third-order valence-corrected chi connectivity index (χ3v) is 2.17. The molecule has 0 aliphatic heterocycles. The molecular formula is C11H13ClN2O. The summed E-state index contributed by atoms with van der Waals surface area (Å²) in [7, 11) is 0. The number of carbonyl (C=O) groups excluding carboxylic acids is 1. The van der Waals surface area contributed by atoms with Gasteiger partial charge in [0, 0.05) is 6.54 Å². The third-order valence-electron chi connectivity index (χ3n) is 1.97. The van der Waals surface area contributed by atoms with E-state index < -0.39 is 5.37 Å². The van der Waals surface area contributed by atoms with Crippen molar-refractivity contribution in [3.05, 3.63) is 30.3 Å². The van der Waals surface area contributed by atoms with E-state index >= 15 is 0 Å². The van der Waals surface area contributed by atoms with Crippen molar-refractivity contribution in [2.75, 3.05) is 6.54 Å². The van der Waals surface area contributed by atoms with Crippen LogP contribution in [0.25, 0.3) is 0 Å². The number of para-hydroxylation sites is 1. The maximum atomic E-state index is 11.0. The summed E-state index contributed by atoms with van der Waals surface area (Å²) in [6.45, 7) is 4.13. The summed E-state index contributed by atoms with van der Waals surface area (Å²) in [5.41, 5.74) is 0.811. The Balaban J connectivity index is 2.88. The van der Waals surface area contributed by atoms with Crippen LogP contribution >= 0.6 is 11.6 Å². The summed E-state index contributed by atoms with van der Waals surface area (Å²) in [5.74, 6) is 0.601. The Labute approximate surface area is 94.4 Å². The van der Waals surface area contributed by atoms with Crippen LogP contribution in [0.5, 0.6) is 0 Å². The number of hydrogen-bond donors (Lipinski definition) is 0. The fourth-order valence-corrected chi connectivity index (χ4v) is 1.47. The first-order chi connectivity index (χ1) is 7.15. The van der Waals surface area contributed by atoms with Gasteiger partial charge in [-0.2, -0.15) is 0 Å². The minimum atomic E-state index is -0.505. The predicted molar refractivity (Wildman–Crippen MR) is 62.8 cm³/mol. The highest BCUT2D eigenvalue weighted by atomic mass is 35.5. The van der Waals surface area contributed by atoms with Crippen molar-refractivity contribution in [3.63, 3.8) is 0 Å². The second-order valence-electron chi connectivity index (χ2n) is 2.99. The molecule has 0 radical (unpaired) electrons. The molecule has 0 N–H and O–H groups in total. The molecular weight excluding hydrogens is 212 g/mol. The molecule has 0 aromatic heterocycles. The molecule has 0 aliphatic rings. The minimum absolute atomic E-state index is 0.505. The molecule has 0 saturated heterocycles. The molecule has 0 spiro atoms. The molecule has 1 rings (SSSR count). The molecule has 1 aromatic carbocycles. The monoisotopic (exact) mass is 224 g/mol. The SMILES string of the molecule is CCN(C(=O)Cl)C(C)=Nc1ccccc1. The second kappa shape index (κ2) is 5.51. The van der Waals surface area contributed by atoms with Crippen molar-refractivity contribution in [3.8, 4) is 0 Å². The van der Waals surface area contributed by atoms with Crippen LogP contribution in [0, 0.1) is 0 Å². The van der Waals surface area contributed by atoms with Gasteiger partial charge in [-0.25, -0.2) is 4.99 Å². The summed E-state index contributed by atoms with van der Waals surface area (Å²) in [4.78, 5) is 16.7. The summed E-state index contributed by atoms with van der Waals surface area (Å²) >= 11 is 5.41. The lowest BCUT2D eigenvalue weighted by Gasteiger charge is -2.16. The van der Waals surface area contributed by atoms with Gasteiger partial charge in [0.1, 0.15) is 5.84 Å². The summed E-state index contributed by atoms with van der Waals surface area (Å²) in [5, 5.41) is -0.505. The van der Waals surface area contributed by atoms with Crippen LogP contribution < -0.4 is 0 Å². The van der Waals surface area contributed by atoms with E-state index in [0.717, 1.165) is 5.69 Å². The van der Waals surface area contributed by atoms with Crippen molar-refractivity contribution in [2.45, 2.75) is 13.8 Å². The van der Waals surface area contributed by atoms with Gasteiger partial charge in [0.2, 0.25) is 0 Å². The van der Waals surface area contributed by atoms with E-state index in [9.17, 15) is 4.79 Å². The zero-order chi connectivity index (χ0) is 11.3. The van der Waals surface area contributed by atoms with Gasteiger partial charge in [0.15, 0.2) is 0 Å². The van der Waals surface area contributed by atoms with E-state index in [0.29, 0.717) is 12.4 Å². The molecule has 0 saturated carbocycles. The summed E-state index contributed by atoms with van der Waals surface area (Å²) in [6, 6.07) is 9.45. The molecule has 1 aromatic rings. The van der Waals surface area contributed by atoms with Gasteiger partial charge in [-0.1, -0.05) is 18.2 Å². The Kier molecular flexibility index (Phi) is 4.31. The molecule has 0 bridgehead atoms. The maximum Gasteiger partial charge on any atom is 0.321 e. The van der Waals surface area contributed by atoms with Gasteiger partial charge >= 0.3 is 5.37 Å². The smallest absolute Gasteiger partial charge is 0.287 e. The van der Waals surface area contributed by atoms with Crippen LogP contribution in [0.2, 0.25) is 0 Å². The molecule has 0 fully saturated rings. The standard InChI is InChI=1S/C11H13ClN2O/c1-3-14(11(12)15)9(2)13-10-7-5-4-6-8-10/h4-8H,3H2,1-2H3. The van der Waals surface area contributed by atoms with Gasteiger partial charge in [-0.3, -0.25) is 9.69 Å². The van der Waals surface area contributed by atoms with Crippen molar-refractivity contribution < 1.29 is 4.79 Å². The zero-order valence-electron chi connectivity index (χ0n) is 8.77. The van der Waals surface area contributed by atoms with E-state index in [2.05, 4.69) is 4.99 Å². The Morgan fingerprint density at radius 1 is 1.40 bits per heavy atom. The van der Waals surface area contributed by atoms with Crippen LogP contribution in [-0.4, -0.2) is 22.6 Å². The van der Waals surface area contributed by atoms with Gasteiger partial charge in [-0.15, -0.1) is 0 Å². The molecule has 15 heavy (non-hydrogen) atoms. The van der Waals surface area contributed by atoms with Crippen molar-refractivity contribution in [1.82, 2.24) is 4.90 Å². The average molecular weight is 225 g/mol. The number of amides is 1. The number of carbonyl (C=O) groups is 1. The highest BCUT2D eigenvalue weighted by molar-refractivity contribution is 6.64. The molecule has 1 amide bonds. The minimum Gasteiger partial charge on any atom is -0.287 e. The molecule has 4 heteroatoms. The number of benzene rings is 1. The van der Waals surface area contributed by atoms with Crippen LogP contribution in [-0.2, 0) is 0 Å². The zero-order valence-corrected chi connectivity index (χ0v) is 9.53. The van der Waals surface area contributed by atoms with E-state index in [-0.39, 0.29) is 0 Å². The third kappa shape index (κ3) is 3.36. The van der Waals surface area contributed by atoms with E-state index in [1.54, 1.807) is 6.92 Å². The number of aliphatic imine (C=N–C) groups is 1. The van der Waals surface area contributed by atoms with E-state index in [4.69, 9.17) is 11.6 Å². The van der Waals surface area contributed by atoms with Gasteiger partial charge < -0.3 is 0 Å². The van der Waals surface area contributed by atoms with Crippen molar-refractivity contribution in [2.24, 2.45) is 4.99 Å². The van der Waals surface area contributed by atoms with E-state index in [1.807, 2.05) is 37.3 Å². The second-order valence-corrected chi connectivity index (χ2v) is 3.32. The molecule has 0 heterocycles. The van der Waals surface area contributed by atoms with Crippen LogP contribution in [0.1, 0.15) is 13.8 Å². The highest BCUT2D eigenvalue weighted by Gasteiger charge is 2.10. The number of amidine groups is 1. The summed E-state index contributed by atoms with van der Waals surface area (Å²) < 4.78 is 0. The lowest BCUT2D eigenvalue weighted by atomic mass is 10.3. The Hall–Kier alpha value is -1.35. The average Bonchev–Trinajstić information content (AvgIpc) is 2.19. The van der Waals surface area contributed by atoms with Gasteiger partial charge in [-0.05, 0) is 37.6 Å².